The first kappa shape index (κ1) is 22.8. The molecule has 1 fully saturated rings. The molecule has 0 saturated carbocycles. The summed E-state index contributed by atoms with van der Waals surface area (Å²) in [4.78, 5) is 20.2. The fourth-order valence-corrected chi connectivity index (χ4v) is 4.99. The van der Waals surface area contributed by atoms with Crippen molar-refractivity contribution in [3.8, 4) is 5.69 Å². The molecule has 0 bridgehead atoms. The van der Waals surface area contributed by atoms with Crippen LogP contribution >= 0.6 is 15.9 Å². The van der Waals surface area contributed by atoms with Crippen molar-refractivity contribution >= 4 is 38.6 Å². The van der Waals surface area contributed by atoms with Gasteiger partial charge < -0.3 is 5.32 Å². The summed E-state index contributed by atoms with van der Waals surface area (Å²) in [6, 6.07) is 24.8. The lowest BCUT2D eigenvalue weighted by Crippen LogP contribution is -2.38. The summed E-state index contributed by atoms with van der Waals surface area (Å²) in [5.41, 5.74) is 5.36. The summed E-state index contributed by atoms with van der Waals surface area (Å²) in [5.74, 6) is 1.21. The van der Waals surface area contributed by atoms with Gasteiger partial charge in [-0.25, -0.2) is 4.98 Å². The number of benzene rings is 3. The first-order valence-corrected chi connectivity index (χ1v) is 12.7. The Kier molecular flexibility index (Phi) is 6.79. The Morgan fingerprint density at radius 3 is 2.56 bits per heavy atom. The molecule has 1 N–H and O–H groups in total. The zero-order valence-electron chi connectivity index (χ0n) is 19.4. The van der Waals surface area contributed by atoms with Gasteiger partial charge in [0.2, 0.25) is 5.91 Å². The topological polar surface area (TPSA) is 50.2 Å². The number of carbonyl (C=O) groups is 1. The van der Waals surface area contributed by atoms with Crippen LogP contribution in [0, 0.1) is 5.92 Å². The highest BCUT2D eigenvalue weighted by atomic mass is 79.9. The van der Waals surface area contributed by atoms with Gasteiger partial charge in [0.15, 0.2) is 0 Å². The minimum absolute atomic E-state index is 0.0480. The Bertz CT molecular complexity index is 1290. The van der Waals surface area contributed by atoms with E-state index >= 15 is 0 Å². The van der Waals surface area contributed by atoms with Gasteiger partial charge in [-0.3, -0.25) is 14.3 Å². The Labute approximate surface area is 208 Å². The van der Waals surface area contributed by atoms with E-state index in [1.165, 1.54) is 5.56 Å². The highest BCUT2D eigenvalue weighted by molar-refractivity contribution is 9.10. The second-order valence-electron chi connectivity index (χ2n) is 8.92. The van der Waals surface area contributed by atoms with E-state index in [-0.39, 0.29) is 11.8 Å². The van der Waals surface area contributed by atoms with E-state index in [1.54, 1.807) is 0 Å². The Morgan fingerprint density at radius 1 is 1.03 bits per heavy atom. The number of piperidine rings is 1. The van der Waals surface area contributed by atoms with Gasteiger partial charge in [0.25, 0.3) is 0 Å². The number of para-hydroxylation sites is 2. The van der Waals surface area contributed by atoms with Crippen LogP contribution in [0.2, 0.25) is 0 Å². The van der Waals surface area contributed by atoms with Gasteiger partial charge in [0.05, 0.1) is 17.6 Å². The zero-order chi connectivity index (χ0) is 23.5. The lowest BCUT2D eigenvalue weighted by Gasteiger charge is -2.31. The molecule has 0 atom stereocenters. The predicted molar refractivity (Wildman–Crippen MR) is 141 cm³/mol. The number of nitrogens with zero attached hydrogens (tertiary/aromatic N) is 3. The number of anilines is 1. The number of fused-ring (bicyclic) bond motifs is 1. The maximum Gasteiger partial charge on any atom is 0.227 e. The number of likely N-dealkylation sites (tertiary alicyclic amines) is 1. The van der Waals surface area contributed by atoms with Crippen molar-refractivity contribution in [2.45, 2.75) is 32.7 Å². The van der Waals surface area contributed by atoms with Gasteiger partial charge in [0.1, 0.15) is 5.82 Å². The molecule has 1 amide bonds. The number of hydrogen-bond donors (Lipinski definition) is 1. The van der Waals surface area contributed by atoms with Crippen molar-refractivity contribution in [2.24, 2.45) is 5.92 Å². The highest BCUT2D eigenvalue weighted by Crippen LogP contribution is 2.26. The molecule has 6 heteroatoms. The number of carbonyl (C=O) groups excluding carboxylic acids is 1. The molecule has 5 nitrogen and oxygen atoms in total. The second-order valence-corrected chi connectivity index (χ2v) is 9.84. The molecule has 0 unspecified atom stereocenters. The molecule has 4 aromatic rings. The van der Waals surface area contributed by atoms with Crippen molar-refractivity contribution in [3.63, 3.8) is 0 Å². The lowest BCUT2D eigenvalue weighted by molar-refractivity contribution is -0.121. The third-order valence-electron chi connectivity index (χ3n) is 6.64. The predicted octanol–water partition coefficient (Wildman–Crippen LogP) is 6.20. The molecule has 1 aliphatic heterocycles. The van der Waals surface area contributed by atoms with Crippen LogP contribution in [0.25, 0.3) is 16.7 Å². The summed E-state index contributed by atoms with van der Waals surface area (Å²) in [6.45, 7) is 4.66. The van der Waals surface area contributed by atoms with Crippen LogP contribution in [0.15, 0.2) is 77.3 Å². The number of aryl methyl sites for hydroxylation is 1. The van der Waals surface area contributed by atoms with E-state index in [9.17, 15) is 4.79 Å². The minimum atomic E-state index is 0.0480. The molecular weight excluding hydrogens is 488 g/mol. The van der Waals surface area contributed by atoms with E-state index in [4.69, 9.17) is 4.98 Å². The van der Waals surface area contributed by atoms with Crippen molar-refractivity contribution in [1.82, 2.24) is 14.5 Å². The number of nitrogens with one attached hydrogen (secondary N) is 1. The standard InChI is InChI=1S/C28H29BrN4O/c1-2-20-6-5-7-23(18-20)30-28(34)21-14-16-32(17-15-21)19-27-31-25-8-3-4-9-26(25)33(27)24-12-10-22(29)11-13-24/h3-13,18,21H,2,14-17,19H2,1H3,(H,30,34). The van der Waals surface area contributed by atoms with E-state index < -0.39 is 0 Å². The normalized spacial score (nSPS) is 15.0. The quantitative estimate of drug-likeness (QED) is 0.331. The number of amides is 1. The molecule has 174 valence electrons. The smallest absolute Gasteiger partial charge is 0.227 e. The van der Waals surface area contributed by atoms with Crippen molar-refractivity contribution in [1.29, 1.82) is 0 Å². The first-order chi connectivity index (χ1) is 16.6. The fourth-order valence-electron chi connectivity index (χ4n) is 4.73. The van der Waals surface area contributed by atoms with Crippen LogP contribution in [0.3, 0.4) is 0 Å². The Hall–Kier alpha value is -2.96. The third kappa shape index (κ3) is 4.93. The van der Waals surface area contributed by atoms with Crippen LogP contribution in [-0.4, -0.2) is 33.4 Å². The van der Waals surface area contributed by atoms with Gasteiger partial charge in [-0.2, -0.15) is 0 Å². The Balaban J connectivity index is 1.27. The van der Waals surface area contributed by atoms with Crippen LogP contribution in [-0.2, 0) is 17.8 Å². The number of hydrogen-bond acceptors (Lipinski definition) is 3. The van der Waals surface area contributed by atoms with Crippen molar-refractivity contribution in [3.05, 3.63) is 88.7 Å². The molecular formula is C28H29BrN4O. The molecule has 0 aliphatic carbocycles. The lowest BCUT2D eigenvalue weighted by atomic mass is 9.95. The maximum absolute atomic E-state index is 12.9. The van der Waals surface area contributed by atoms with Crippen LogP contribution in [0.5, 0.6) is 0 Å². The number of aromatic nitrogens is 2. The second kappa shape index (κ2) is 10.1. The largest absolute Gasteiger partial charge is 0.326 e. The van der Waals surface area contributed by atoms with Gasteiger partial charge in [-0.15, -0.1) is 0 Å². The number of halogens is 1. The van der Waals surface area contributed by atoms with Crippen molar-refractivity contribution < 1.29 is 4.79 Å². The van der Waals surface area contributed by atoms with E-state index in [1.807, 2.05) is 18.2 Å². The first-order valence-electron chi connectivity index (χ1n) is 11.9. The summed E-state index contributed by atoms with van der Waals surface area (Å²) >= 11 is 3.54. The summed E-state index contributed by atoms with van der Waals surface area (Å²) < 4.78 is 3.31. The molecule has 0 radical (unpaired) electrons. The average Bonchev–Trinajstić information content (AvgIpc) is 3.23. The van der Waals surface area contributed by atoms with Gasteiger partial charge in [0, 0.05) is 21.8 Å². The highest BCUT2D eigenvalue weighted by Gasteiger charge is 2.26. The zero-order valence-corrected chi connectivity index (χ0v) is 21.0. The average molecular weight is 517 g/mol. The molecule has 1 aliphatic rings. The van der Waals surface area contributed by atoms with Gasteiger partial charge in [-0.05, 0) is 86.4 Å². The number of imidazole rings is 1. The fraction of sp³-hybridized carbons (Fsp3) is 0.286. The maximum atomic E-state index is 12.9. The molecule has 1 aromatic heterocycles. The van der Waals surface area contributed by atoms with E-state index in [0.717, 1.165) is 71.6 Å². The monoisotopic (exact) mass is 516 g/mol. The summed E-state index contributed by atoms with van der Waals surface area (Å²) in [7, 11) is 0. The Morgan fingerprint density at radius 2 is 1.79 bits per heavy atom. The third-order valence-corrected chi connectivity index (χ3v) is 7.17. The number of rotatable bonds is 6. The molecule has 0 spiro atoms. The van der Waals surface area contributed by atoms with Gasteiger partial charge in [-0.1, -0.05) is 47.1 Å². The molecule has 3 aromatic carbocycles. The summed E-state index contributed by atoms with van der Waals surface area (Å²) in [6.07, 6.45) is 2.68. The molecule has 1 saturated heterocycles. The van der Waals surface area contributed by atoms with Gasteiger partial charge >= 0.3 is 0 Å². The van der Waals surface area contributed by atoms with Crippen LogP contribution in [0.1, 0.15) is 31.2 Å². The van der Waals surface area contributed by atoms with E-state index in [0.29, 0.717) is 0 Å². The van der Waals surface area contributed by atoms with Crippen LogP contribution in [0.4, 0.5) is 5.69 Å². The van der Waals surface area contributed by atoms with Crippen LogP contribution < -0.4 is 5.32 Å². The summed E-state index contributed by atoms with van der Waals surface area (Å²) in [5, 5.41) is 3.13. The van der Waals surface area contributed by atoms with Crippen molar-refractivity contribution in [2.75, 3.05) is 18.4 Å². The molecule has 34 heavy (non-hydrogen) atoms. The molecule has 2 heterocycles. The SMILES string of the molecule is CCc1cccc(NC(=O)C2CCN(Cc3nc4ccccc4n3-c3ccc(Br)cc3)CC2)c1. The van der Waals surface area contributed by atoms with E-state index in [2.05, 4.69) is 92.2 Å². The minimum Gasteiger partial charge on any atom is -0.326 e. The molecule has 5 rings (SSSR count).